The Morgan fingerprint density at radius 2 is 1.71 bits per heavy atom. The zero-order chi connectivity index (χ0) is 17.1. The summed E-state index contributed by atoms with van der Waals surface area (Å²) in [6.07, 6.45) is 0. The highest BCUT2D eigenvalue weighted by Gasteiger charge is 2.17. The van der Waals surface area contributed by atoms with Gasteiger partial charge in [0.2, 0.25) is 0 Å². The van der Waals surface area contributed by atoms with Crippen LogP contribution in [0.2, 0.25) is 0 Å². The predicted octanol–water partition coefficient (Wildman–Crippen LogP) is 4.27. The number of ketones is 1. The lowest BCUT2D eigenvalue weighted by Gasteiger charge is -2.12. The maximum atomic E-state index is 12.5. The number of hydrogen-bond donors (Lipinski definition) is 0. The second kappa shape index (κ2) is 6.54. The van der Waals surface area contributed by atoms with Crippen molar-refractivity contribution in [2.45, 2.75) is 6.92 Å². The molecule has 0 aliphatic carbocycles. The number of fused-ring (bicyclic) bond motifs is 1. The topological polar surface area (TPSA) is 52.6 Å². The largest absolute Gasteiger partial charge is 0.497 e. The number of ether oxygens (including phenoxy) is 2. The average molecular weight is 320 g/mol. The van der Waals surface area contributed by atoms with Gasteiger partial charge in [-0.25, -0.2) is 4.79 Å². The monoisotopic (exact) mass is 320 g/mol. The van der Waals surface area contributed by atoms with Gasteiger partial charge >= 0.3 is 5.97 Å². The highest BCUT2D eigenvalue weighted by molar-refractivity contribution is 6.05. The maximum Gasteiger partial charge on any atom is 0.343 e. The summed E-state index contributed by atoms with van der Waals surface area (Å²) in [6.45, 7) is 1.45. The molecule has 4 nitrogen and oxygen atoms in total. The van der Waals surface area contributed by atoms with Crippen molar-refractivity contribution >= 4 is 22.5 Å². The van der Waals surface area contributed by atoms with Crippen molar-refractivity contribution in [3.8, 4) is 11.5 Å². The SMILES string of the molecule is COc1cccc(C(=O)Oc2c(C(C)=O)ccc3ccccc23)c1. The zero-order valence-corrected chi connectivity index (χ0v) is 13.4. The minimum absolute atomic E-state index is 0.158. The van der Waals surface area contributed by atoms with Crippen LogP contribution in [0.15, 0.2) is 60.7 Å². The van der Waals surface area contributed by atoms with Crippen LogP contribution in [0.1, 0.15) is 27.6 Å². The van der Waals surface area contributed by atoms with Gasteiger partial charge in [-0.2, -0.15) is 0 Å². The standard InChI is InChI=1S/C20H16O4/c1-13(21)17-11-10-14-6-3-4-9-18(14)19(17)24-20(22)15-7-5-8-16(12-15)23-2/h3-12H,1-2H3. The van der Waals surface area contributed by atoms with Crippen molar-refractivity contribution in [1.82, 2.24) is 0 Å². The van der Waals surface area contributed by atoms with Crippen molar-refractivity contribution in [2.24, 2.45) is 0 Å². The molecule has 24 heavy (non-hydrogen) atoms. The molecule has 0 saturated carbocycles. The molecule has 0 atom stereocenters. The predicted molar refractivity (Wildman–Crippen MR) is 91.9 cm³/mol. The Balaban J connectivity index is 2.06. The van der Waals surface area contributed by atoms with Crippen LogP contribution in [0.4, 0.5) is 0 Å². The van der Waals surface area contributed by atoms with E-state index in [2.05, 4.69) is 0 Å². The number of hydrogen-bond acceptors (Lipinski definition) is 4. The van der Waals surface area contributed by atoms with Crippen LogP contribution in [0.25, 0.3) is 10.8 Å². The fourth-order valence-corrected chi connectivity index (χ4v) is 2.53. The van der Waals surface area contributed by atoms with E-state index in [-0.39, 0.29) is 11.5 Å². The summed E-state index contributed by atoms with van der Waals surface area (Å²) in [7, 11) is 1.53. The lowest BCUT2D eigenvalue weighted by atomic mass is 10.0. The quantitative estimate of drug-likeness (QED) is 0.409. The number of methoxy groups -OCH3 is 1. The lowest BCUT2D eigenvalue weighted by molar-refractivity contribution is 0.0735. The molecular formula is C20H16O4. The van der Waals surface area contributed by atoms with E-state index in [1.165, 1.54) is 14.0 Å². The summed E-state index contributed by atoms with van der Waals surface area (Å²) in [5, 5.41) is 1.62. The van der Waals surface area contributed by atoms with Crippen molar-refractivity contribution in [3.63, 3.8) is 0 Å². The van der Waals surface area contributed by atoms with Crippen molar-refractivity contribution in [1.29, 1.82) is 0 Å². The fourth-order valence-electron chi connectivity index (χ4n) is 2.53. The van der Waals surface area contributed by atoms with Crippen LogP contribution in [0.3, 0.4) is 0 Å². The first-order chi connectivity index (χ1) is 11.6. The first-order valence-corrected chi connectivity index (χ1v) is 7.49. The van der Waals surface area contributed by atoms with Gasteiger partial charge in [0.05, 0.1) is 18.2 Å². The van der Waals surface area contributed by atoms with Crippen LogP contribution >= 0.6 is 0 Å². The maximum absolute atomic E-state index is 12.5. The highest BCUT2D eigenvalue weighted by atomic mass is 16.5. The first-order valence-electron chi connectivity index (χ1n) is 7.49. The van der Waals surface area contributed by atoms with Gasteiger partial charge in [-0.05, 0) is 36.6 Å². The molecule has 0 amide bonds. The van der Waals surface area contributed by atoms with Gasteiger partial charge in [0.15, 0.2) is 5.78 Å². The first kappa shape index (κ1) is 15.7. The van der Waals surface area contributed by atoms with Crippen molar-refractivity contribution in [3.05, 3.63) is 71.8 Å². The highest BCUT2D eigenvalue weighted by Crippen LogP contribution is 2.31. The van der Waals surface area contributed by atoms with E-state index in [0.717, 1.165) is 10.8 Å². The van der Waals surface area contributed by atoms with E-state index >= 15 is 0 Å². The second-order valence-corrected chi connectivity index (χ2v) is 5.34. The number of Topliss-reactive ketones (excluding diaryl/α,β-unsaturated/α-hetero) is 1. The molecule has 0 N–H and O–H groups in total. The Morgan fingerprint density at radius 1 is 0.917 bits per heavy atom. The van der Waals surface area contributed by atoms with Gasteiger partial charge in [0, 0.05) is 5.39 Å². The Morgan fingerprint density at radius 3 is 2.46 bits per heavy atom. The summed E-state index contributed by atoms with van der Waals surface area (Å²) in [4.78, 5) is 24.4. The van der Waals surface area contributed by atoms with E-state index in [9.17, 15) is 9.59 Å². The summed E-state index contributed by atoms with van der Waals surface area (Å²) >= 11 is 0. The van der Waals surface area contributed by atoms with Crippen LogP contribution < -0.4 is 9.47 Å². The molecule has 4 heteroatoms. The number of carbonyl (C=O) groups excluding carboxylic acids is 2. The van der Waals surface area contributed by atoms with Crippen molar-refractivity contribution in [2.75, 3.05) is 7.11 Å². The van der Waals surface area contributed by atoms with Crippen molar-refractivity contribution < 1.29 is 19.1 Å². The minimum Gasteiger partial charge on any atom is -0.497 e. The van der Waals surface area contributed by atoms with Crippen LogP contribution in [0, 0.1) is 0 Å². The summed E-state index contributed by atoms with van der Waals surface area (Å²) in [6, 6.07) is 17.7. The second-order valence-electron chi connectivity index (χ2n) is 5.34. The molecule has 3 aromatic carbocycles. The van der Waals surface area contributed by atoms with Gasteiger partial charge in [-0.3, -0.25) is 4.79 Å². The van der Waals surface area contributed by atoms with Gasteiger partial charge in [-0.15, -0.1) is 0 Å². The molecule has 3 rings (SSSR count). The molecule has 0 spiro atoms. The molecule has 0 unspecified atom stereocenters. The summed E-state index contributed by atoms with van der Waals surface area (Å²) in [5.41, 5.74) is 0.738. The number of benzene rings is 3. The fraction of sp³-hybridized carbons (Fsp3) is 0.100. The number of rotatable bonds is 4. The molecule has 120 valence electrons. The Kier molecular flexibility index (Phi) is 4.29. The third-order valence-corrected chi connectivity index (χ3v) is 3.76. The Hall–Kier alpha value is -3.14. The number of carbonyl (C=O) groups is 2. The third kappa shape index (κ3) is 2.99. The molecule has 0 radical (unpaired) electrons. The van der Waals surface area contributed by atoms with Crippen LogP contribution in [-0.2, 0) is 0 Å². The van der Waals surface area contributed by atoms with E-state index in [1.807, 2.05) is 30.3 Å². The van der Waals surface area contributed by atoms with Gasteiger partial charge in [-0.1, -0.05) is 36.4 Å². The van der Waals surface area contributed by atoms with Crippen LogP contribution in [0.5, 0.6) is 11.5 Å². The molecular weight excluding hydrogens is 304 g/mol. The Bertz CT molecular complexity index is 928. The van der Waals surface area contributed by atoms with Gasteiger partial charge in [0.1, 0.15) is 11.5 Å². The summed E-state index contributed by atoms with van der Waals surface area (Å²) in [5.74, 6) is 0.157. The van der Waals surface area contributed by atoms with Gasteiger partial charge in [0.25, 0.3) is 0 Å². The molecule has 0 heterocycles. The third-order valence-electron chi connectivity index (χ3n) is 3.76. The molecule has 3 aromatic rings. The van der Waals surface area contributed by atoms with E-state index in [4.69, 9.17) is 9.47 Å². The number of esters is 1. The minimum atomic E-state index is -0.534. The lowest BCUT2D eigenvalue weighted by Crippen LogP contribution is -2.11. The smallest absolute Gasteiger partial charge is 0.343 e. The van der Waals surface area contributed by atoms with E-state index in [0.29, 0.717) is 16.9 Å². The molecule has 0 aliphatic heterocycles. The van der Waals surface area contributed by atoms with Gasteiger partial charge < -0.3 is 9.47 Å². The van der Waals surface area contributed by atoms with E-state index in [1.54, 1.807) is 30.3 Å². The normalized spacial score (nSPS) is 10.4. The van der Waals surface area contributed by atoms with Crippen LogP contribution in [-0.4, -0.2) is 18.9 Å². The molecule has 0 aromatic heterocycles. The van der Waals surface area contributed by atoms with E-state index < -0.39 is 5.97 Å². The molecule has 0 fully saturated rings. The Labute approximate surface area is 139 Å². The zero-order valence-electron chi connectivity index (χ0n) is 13.4. The average Bonchev–Trinajstić information content (AvgIpc) is 2.61. The molecule has 0 bridgehead atoms. The molecule has 0 aliphatic rings. The molecule has 0 saturated heterocycles. The summed E-state index contributed by atoms with van der Waals surface area (Å²) < 4.78 is 10.7.